The lowest BCUT2D eigenvalue weighted by Crippen LogP contribution is -2.14. The molecule has 3 aromatic rings. The molecule has 0 aliphatic heterocycles. The minimum absolute atomic E-state index is 0.150. The summed E-state index contributed by atoms with van der Waals surface area (Å²) in [7, 11) is 4.44. The van der Waals surface area contributed by atoms with E-state index in [0.29, 0.717) is 32.3 Å². The van der Waals surface area contributed by atoms with Gasteiger partial charge in [0, 0.05) is 11.3 Å². The molecule has 0 aliphatic rings. The van der Waals surface area contributed by atoms with Crippen LogP contribution in [-0.4, -0.2) is 49.1 Å². The standard InChI is InChI=1S/C21H22N4O5S2/c1-12-7-5-6-8-14(12)22-17(26)11-31-21-25-24-20(32-21)23-19(27)13-9-15(28-2)18(30-4)16(10-13)29-3/h5-10H,11H2,1-4H3,(H,22,26)(H,23,24,27). The maximum atomic E-state index is 12.7. The maximum Gasteiger partial charge on any atom is 0.257 e. The highest BCUT2D eigenvalue weighted by Crippen LogP contribution is 2.38. The molecule has 0 saturated carbocycles. The zero-order chi connectivity index (χ0) is 23.1. The Labute approximate surface area is 193 Å². The number of aryl methyl sites for hydroxylation is 1. The molecule has 0 unspecified atom stereocenters. The van der Waals surface area contributed by atoms with Crippen molar-refractivity contribution in [2.45, 2.75) is 11.3 Å². The van der Waals surface area contributed by atoms with Gasteiger partial charge in [-0.05, 0) is 30.7 Å². The largest absolute Gasteiger partial charge is 0.493 e. The van der Waals surface area contributed by atoms with E-state index in [2.05, 4.69) is 20.8 Å². The number of hydrogen-bond donors (Lipinski definition) is 2. The molecular formula is C21H22N4O5S2. The van der Waals surface area contributed by atoms with Crippen LogP contribution in [0.25, 0.3) is 0 Å². The van der Waals surface area contributed by atoms with Crippen LogP contribution >= 0.6 is 23.1 Å². The Morgan fingerprint density at radius 1 is 1.00 bits per heavy atom. The van der Waals surface area contributed by atoms with Crippen LogP contribution in [-0.2, 0) is 4.79 Å². The van der Waals surface area contributed by atoms with Crippen molar-refractivity contribution in [3.8, 4) is 17.2 Å². The molecule has 3 rings (SSSR count). The number of nitrogens with one attached hydrogen (secondary N) is 2. The minimum atomic E-state index is -0.408. The second-order valence-corrected chi connectivity index (χ2v) is 8.59. The van der Waals surface area contributed by atoms with Crippen molar-refractivity contribution in [1.82, 2.24) is 10.2 Å². The van der Waals surface area contributed by atoms with Crippen LogP contribution in [0.15, 0.2) is 40.7 Å². The van der Waals surface area contributed by atoms with Crippen LogP contribution in [0.2, 0.25) is 0 Å². The van der Waals surface area contributed by atoms with Crippen LogP contribution in [0.3, 0.4) is 0 Å². The molecule has 1 heterocycles. The third-order valence-electron chi connectivity index (χ3n) is 4.30. The molecule has 168 valence electrons. The summed E-state index contributed by atoms with van der Waals surface area (Å²) < 4.78 is 16.4. The topological polar surface area (TPSA) is 112 Å². The fraction of sp³-hybridized carbons (Fsp3) is 0.238. The van der Waals surface area contributed by atoms with E-state index in [4.69, 9.17) is 14.2 Å². The van der Waals surface area contributed by atoms with E-state index < -0.39 is 5.91 Å². The van der Waals surface area contributed by atoms with Gasteiger partial charge in [0.25, 0.3) is 5.91 Å². The number of amides is 2. The summed E-state index contributed by atoms with van der Waals surface area (Å²) in [6, 6.07) is 10.6. The Bertz CT molecular complexity index is 1090. The number of thioether (sulfide) groups is 1. The number of para-hydroxylation sites is 1. The van der Waals surface area contributed by atoms with Crippen LogP contribution in [0.4, 0.5) is 10.8 Å². The van der Waals surface area contributed by atoms with Gasteiger partial charge in [0.05, 0.1) is 27.1 Å². The number of carbonyl (C=O) groups excluding carboxylic acids is 2. The maximum absolute atomic E-state index is 12.7. The van der Waals surface area contributed by atoms with E-state index in [1.807, 2.05) is 31.2 Å². The molecule has 2 N–H and O–H groups in total. The Morgan fingerprint density at radius 2 is 1.69 bits per heavy atom. The third kappa shape index (κ3) is 5.68. The third-order valence-corrected chi connectivity index (χ3v) is 6.27. The molecule has 0 aliphatic carbocycles. The number of rotatable bonds is 9. The lowest BCUT2D eigenvalue weighted by molar-refractivity contribution is -0.113. The highest BCUT2D eigenvalue weighted by Gasteiger charge is 2.18. The number of benzene rings is 2. The van der Waals surface area contributed by atoms with Crippen molar-refractivity contribution in [3.05, 3.63) is 47.5 Å². The normalized spacial score (nSPS) is 10.4. The highest BCUT2D eigenvalue weighted by atomic mass is 32.2. The molecule has 0 bridgehead atoms. The van der Waals surface area contributed by atoms with Gasteiger partial charge in [-0.1, -0.05) is 41.3 Å². The van der Waals surface area contributed by atoms with Gasteiger partial charge >= 0.3 is 0 Å². The van der Waals surface area contributed by atoms with Crippen molar-refractivity contribution < 1.29 is 23.8 Å². The fourth-order valence-electron chi connectivity index (χ4n) is 2.73. The molecule has 32 heavy (non-hydrogen) atoms. The van der Waals surface area contributed by atoms with Crippen LogP contribution in [0.5, 0.6) is 17.2 Å². The summed E-state index contributed by atoms with van der Waals surface area (Å²) in [6.45, 7) is 1.93. The first-order valence-corrected chi connectivity index (χ1v) is 11.2. The molecule has 0 radical (unpaired) electrons. The second kappa shape index (κ2) is 10.8. The van der Waals surface area contributed by atoms with Crippen molar-refractivity contribution >= 4 is 45.7 Å². The average molecular weight is 475 g/mol. The summed E-state index contributed by atoms with van der Waals surface area (Å²) in [5.41, 5.74) is 2.06. The fourth-order valence-corrected chi connectivity index (χ4v) is 4.27. The zero-order valence-electron chi connectivity index (χ0n) is 17.9. The summed E-state index contributed by atoms with van der Waals surface area (Å²) in [4.78, 5) is 24.9. The molecule has 0 atom stereocenters. The lowest BCUT2D eigenvalue weighted by atomic mass is 10.1. The van der Waals surface area contributed by atoms with Crippen LogP contribution < -0.4 is 24.8 Å². The summed E-state index contributed by atoms with van der Waals surface area (Å²) in [5, 5.41) is 13.9. The zero-order valence-corrected chi connectivity index (χ0v) is 19.6. The van der Waals surface area contributed by atoms with Crippen LogP contribution in [0.1, 0.15) is 15.9 Å². The molecule has 1 aromatic heterocycles. The van der Waals surface area contributed by atoms with E-state index >= 15 is 0 Å². The molecule has 0 fully saturated rings. The number of methoxy groups -OCH3 is 3. The Hall–Kier alpha value is -3.31. The highest BCUT2D eigenvalue weighted by molar-refractivity contribution is 8.01. The van der Waals surface area contributed by atoms with Gasteiger partial charge in [-0.15, -0.1) is 10.2 Å². The minimum Gasteiger partial charge on any atom is -0.493 e. The van der Waals surface area contributed by atoms with Crippen molar-refractivity contribution in [2.75, 3.05) is 37.7 Å². The summed E-state index contributed by atoms with van der Waals surface area (Å²) in [6.07, 6.45) is 0. The molecule has 2 amide bonds. The van der Waals surface area contributed by atoms with E-state index in [0.717, 1.165) is 11.3 Å². The second-order valence-electron chi connectivity index (χ2n) is 6.39. The molecular weight excluding hydrogens is 452 g/mol. The quantitative estimate of drug-likeness (QED) is 0.355. The van der Waals surface area contributed by atoms with Gasteiger partial charge in [0.2, 0.25) is 16.8 Å². The van der Waals surface area contributed by atoms with Gasteiger partial charge < -0.3 is 19.5 Å². The van der Waals surface area contributed by atoms with E-state index in [9.17, 15) is 9.59 Å². The van der Waals surface area contributed by atoms with Crippen LogP contribution in [0, 0.1) is 6.92 Å². The number of carbonyl (C=O) groups is 2. The molecule has 0 spiro atoms. The Kier molecular flexibility index (Phi) is 7.90. The molecule has 2 aromatic carbocycles. The van der Waals surface area contributed by atoms with Gasteiger partial charge in [-0.25, -0.2) is 0 Å². The SMILES string of the molecule is COc1cc(C(=O)Nc2nnc(SCC(=O)Nc3ccccc3C)s2)cc(OC)c1OC. The Balaban J connectivity index is 1.61. The van der Waals surface area contributed by atoms with Crippen molar-refractivity contribution in [1.29, 1.82) is 0 Å². The Morgan fingerprint density at radius 3 is 2.31 bits per heavy atom. The first kappa shape index (κ1) is 23.4. The molecule has 11 heteroatoms. The number of nitrogens with zero attached hydrogens (tertiary/aromatic N) is 2. The first-order chi connectivity index (χ1) is 15.4. The monoisotopic (exact) mass is 474 g/mol. The van der Waals surface area contributed by atoms with Crippen molar-refractivity contribution in [2.24, 2.45) is 0 Å². The van der Waals surface area contributed by atoms with Gasteiger partial charge in [-0.2, -0.15) is 0 Å². The first-order valence-electron chi connectivity index (χ1n) is 9.38. The van der Waals surface area contributed by atoms with Crippen molar-refractivity contribution in [3.63, 3.8) is 0 Å². The number of aromatic nitrogens is 2. The lowest BCUT2D eigenvalue weighted by Gasteiger charge is -2.13. The predicted molar refractivity (Wildman–Crippen MR) is 124 cm³/mol. The number of hydrogen-bond acceptors (Lipinski definition) is 9. The van der Waals surface area contributed by atoms with Gasteiger partial charge in [-0.3, -0.25) is 14.9 Å². The summed E-state index contributed by atoms with van der Waals surface area (Å²) >= 11 is 2.42. The van der Waals surface area contributed by atoms with E-state index in [1.54, 1.807) is 12.1 Å². The number of anilines is 2. The average Bonchev–Trinajstić information content (AvgIpc) is 3.25. The summed E-state index contributed by atoms with van der Waals surface area (Å²) in [5.74, 6) is 0.737. The van der Waals surface area contributed by atoms with E-state index in [1.165, 1.54) is 44.4 Å². The number of ether oxygens (including phenoxy) is 3. The molecule has 9 nitrogen and oxygen atoms in total. The van der Waals surface area contributed by atoms with Gasteiger partial charge in [0.1, 0.15) is 0 Å². The molecule has 0 saturated heterocycles. The van der Waals surface area contributed by atoms with E-state index in [-0.39, 0.29) is 11.7 Å². The smallest absolute Gasteiger partial charge is 0.257 e. The predicted octanol–water partition coefficient (Wildman–Crippen LogP) is 3.86. The van der Waals surface area contributed by atoms with Gasteiger partial charge in [0.15, 0.2) is 15.8 Å².